The van der Waals surface area contributed by atoms with E-state index in [1.807, 2.05) is 44.2 Å². The van der Waals surface area contributed by atoms with Gasteiger partial charge in [0.2, 0.25) is 5.88 Å². The van der Waals surface area contributed by atoms with Gasteiger partial charge in [0.25, 0.3) is 5.91 Å². The number of pyridine rings is 1. The summed E-state index contributed by atoms with van der Waals surface area (Å²) in [4.78, 5) is 16.4. The van der Waals surface area contributed by atoms with E-state index in [1.54, 1.807) is 19.4 Å². The third kappa shape index (κ3) is 3.15. The van der Waals surface area contributed by atoms with Crippen molar-refractivity contribution in [2.75, 3.05) is 7.11 Å². The van der Waals surface area contributed by atoms with E-state index in [9.17, 15) is 4.79 Å². The van der Waals surface area contributed by atoms with Crippen molar-refractivity contribution in [1.29, 1.82) is 0 Å². The summed E-state index contributed by atoms with van der Waals surface area (Å²) in [5, 5.41) is 2.91. The molecule has 1 heterocycles. The number of methoxy groups -OCH3 is 1. The molecule has 4 heteroatoms. The van der Waals surface area contributed by atoms with Crippen LogP contribution < -0.4 is 10.1 Å². The van der Waals surface area contributed by atoms with Gasteiger partial charge in [0, 0.05) is 29.4 Å². The number of rotatable bonds is 4. The van der Waals surface area contributed by atoms with E-state index < -0.39 is 0 Å². The monoisotopic (exact) mass is 270 g/mol. The summed E-state index contributed by atoms with van der Waals surface area (Å²) in [7, 11) is 1.58. The number of carbonyl (C=O) groups excluding carboxylic acids is 1. The van der Waals surface area contributed by atoms with E-state index in [-0.39, 0.29) is 11.9 Å². The van der Waals surface area contributed by atoms with Gasteiger partial charge in [-0.1, -0.05) is 18.2 Å². The highest BCUT2D eigenvalue weighted by atomic mass is 16.5. The van der Waals surface area contributed by atoms with Crippen molar-refractivity contribution in [2.45, 2.75) is 19.9 Å². The molecule has 1 aromatic heterocycles. The Morgan fingerprint density at radius 3 is 2.55 bits per heavy atom. The Labute approximate surface area is 118 Å². The molecular formula is C16H18N2O2. The van der Waals surface area contributed by atoms with Crippen LogP contribution in [0.4, 0.5) is 0 Å². The second-order valence-corrected chi connectivity index (χ2v) is 4.76. The molecule has 0 bridgehead atoms. The first-order valence-electron chi connectivity index (χ1n) is 6.52. The highest BCUT2D eigenvalue weighted by molar-refractivity contribution is 6.00. The third-order valence-corrected chi connectivity index (χ3v) is 2.85. The molecule has 1 N–H and O–H groups in total. The molecule has 0 fully saturated rings. The molecule has 0 spiro atoms. The van der Waals surface area contributed by atoms with Gasteiger partial charge in [-0.3, -0.25) is 4.79 Å². The molecule has 0 aliphatic heterocycles. The van der Waals surface area contributed by atoms with Crippen LogP contribution in [0.3, 0.4) is 0 Å². The van der Waals surface area contributed by atoms with Crippen LogP contribution in [-0.2, 0) is 0 Å². The summed E-state index contributed by atoms with van der Waals surface area (Å²) >= 11 is 0. The van der Waals surface area contributed by atoms with Crippen molar-refractivity contribution in [1.82, 2.24) is 10.3 Å². The van der Waals surface area contributed by atoms with Gasteiger partial charge in [0.15, 0.2) is 0 Å². The van der Waals surface area contributed by atoms with E-state index in [4.69, 9.17) is 4.74 Å². The molecule has 1 aromatic carbocycles. The molecule has 0 unspecified atom stereocenters. The molecule has 0 aliphatic rings. The number of nitrogens with zero attached hydrogens (tertiary/aromatic N) is 1. The standard InChI is InChI=1S/C16H18N2O2/c1-11(2)18-16(19)14-7-5-4-6-13(14)12-8-9-15(20-3)17-10-12/h4-11H,1-3H3,(H,18,19). The molecule has 1 amide bonds. The van der Waals surface area contributed by atoms with Crippen LogP contribution in [-0.4, -0.2) is 24.0 Å². The second-order valence-electron chi connectivity index (χ2n) is 4.76. The quantitative estimate of drug-likeness (QED) is 0.929. The Bertz CT molecular complexity index is 592. The average molecular weight is 270 g/mol. The number of benzene rings is 1. The van der Waals surface area contributed by atoms with Crippen LogP contribution >= 0.6 is 0 Å². The minimum absolute atomic E-state index is 0.0774. The van der Waals surface area contributed by atoms with E-state index >= 15 is 0 Å². The first-order valence-corrected chi connectivity index (χ1v) is 6.52. The first-order chi connectivity index (χ1) is 9.61. The largest absolute Gasteiger partial charge is 0.481 e. The number of nitrogens with one attached hydrogen (secondary N) is 1. The summed E-state index contributed by atoms with van der Waals surface area (Å²) in [6.07, 6.45) is 1.71. The molecule has 0 atom stereocenters. The predicted molar refractivity (Wildman–Crippen MR) is 78.8 cm³/mol. The number of amides is 1. The van der Waals surface area contributed by atoms with Crippen molar-refractivity contribution < 1.29 is 9.53 Å². The number of ether oxygens (including phenoxy) is 1. The lowest BCUT2D eigenvalue weighted by Gasteiger charge is -2.12. The Kier molecular flexibility index (Phi) is 4.35. The van der Waals surface area contributed by atoms with Crippen molar-refractivity contribution in [3.63, 3.8) is 0 Å². The Morgan fingerprint density at radius 2 is 1.95 bits per heavy atom. The maximum absolute atomic E-state index is 12.2. The molecule has 20 heavy (non-hydrogen) atoms. The smallest absolute Gasteiger partial charge is 0.252 e. The van der Waals surface area contributed by atoms with Gasteiger partial charge in [-0.05, 0) is 31.5 Å². The summed E-state index contributed by atoms with van der Waals surface area (Å²) < 4.78 is 5.04. The lowest BCUT2D eigenvalue weighted by atomic mass is 10.0. The Hall–Kier alpha value is -2.36. The van der Waals surface area contributed by atoms with Crippen LogP contribution in [0.25, 0.3) is 11.1 Å². The molecule has 2 rings (SSSR count). The minimum atomic E-state index is -0.0774. The van der Waals surface area contributed by atoms with Gasteiger partial charge in [-0.15, -0.1) is 0 Å². The number of carbonyl (C=O) groups is 1. The van der Waals surface area contributed by atoms with Gasteiger partial charge in [-0.2, -0.15) is 0 Å². The van der Waals surface area contributed by atoms with Crippen LogP contribution in [0, 0.1) is 0 Å². The predicted octanol–water partition coefficient (Wildman–Crippen LogP) is 2.90. The highest BCUT2D eigenvalue weighted by Gasteiger charge is 2.13. The molecule has 0 saturated heterocycles. The average Bonchev–Trinajstić information content (AvgIpc) is 2.46. The van der Waals surface area contributed by atoms with Crippen LogP contribution in [0.5, 0.6) is 5.88 Å². The summed E-state index contributed by atoms with van der Waals surface area (Å²) in [6, 6.07) is 11.3. The highest BCUT2D eigenvalue weighted by Crippen LogP contribution is 2.24. The Morgan fingerprint density at radius 1 is 1.20 bits per heavy atom. The second kappa shape index (κ2) is 6.19. The molecule has 0 saturated carbocycles. The summed E-state index contributed by atoms with van der Waals surface area (Å²) in [5.41, 5.74) is 2.40. The van der Waals surface area contributed by atoms with Gasteiger partial charge in [-0.25, -0.2) is 4.98 Å². The minimum Gasteiger partial charge on any atom is -0.481 e. The fraction of sp³-hybridized carbons (Fsp3) is 0.250. The van der Waals surface area contributed by atoms with Gasteiger partial charge in [0.1, 0.15) is 0 Å². The zero-order chi connectivity index (χ0) is 14.5. The number of hydrogen-bond acceptors (Lipinski definition) is 3. The Balaban J connectivity index is 2.38. The maximum Gasteiger partial charge on any atom is 0.252 e. The zero-order valence-electron chi connectivity index (χ0n) is 11.9. The van der Waals surface area contributed by atoms with E-state index in [2.05, 4.69) is 10.3 Å². The maximum atomic E-state index is 12.2. The molecular weight excluding hydrogens is 252 g/mol. The fourth-order valence-corrected chi connectivity index (χ4v) is 1.93. The van der Waals surface area contributed by atoms with Crippen LogP contribution in [0.15, 0.2) is 42.6 Å². The van der Waals surface area contributed by atoms with Crippen molar-refractivity contribution in [2.24, 2.45) is 0 Å². The topological polar surface area (TPSA) is 51.2 Å². The normalized spacial score (nSPS) is 10.4. The third-order valence-electron chi connectivity index (χ3n) is 2.85. The van der Waals surface area contributed by atoms with Crippen molar-refractivity contribution >= 4 is 5.91 Å². The fourth-order valence-electron chi connectivity index (χ4n) is 1.93. The van der Waals surface area contributed by atoms with Crippen LogP contribution in [0.2, 0.25) is 0 Å². The van der Waals surface area contributed by atoms with Crippen molar-refractivity contribution in [3.05, 3.63) is 48.2 Å². The van der Waals surface area contributed by atoms with E-state index in [1.165, 1.54) is 0 Å². The summed E-state index contributed by atoms with van der Waals surface area (Å²) in [5.74, 6) is 0.476. The zero-order valence-corrected chi connectivity index (χ0v) is 11.9. The summed E-state index contributed by atoms with van der Waals surface area (Å²) in [6.45, 7) is 3.88. The number of hydrogen-bond donors (Lipinski definition) is 1. The van der Waals surface area contributed by atoms with Crippen LogP contribution in [0.1, 0.15) is 24.2 Å². The van der Waals surface area contributed by atoms with E-state index in [0.717, 1.165) is 11.1 Å². The molecule has 0 radical (unpaired) electrons. The van der Waals surface area contributed by atoms with Crippen molar-refractivity contribution in [3.8, 4) is 17.0 Å². The number of aromatic nitrogens is 1. The first kappa shape index (κ1) is 14.1. The van der Waals surface area contributed by atoms with Gasteiger partial charge in [0.05, 0.1) is 7.11 Å². The van der Waals surface area contributed by atoms with Gasteiger partial charge < -0.3 is 10.1 Å². The van der Waals surface area contributed by atoms with E-state index in [0.29, 0.717) is 11.4 Å². The molecule has 4 nitrogen and oxygen atoms in total. The SMILES string of the molecule is COc1ccc(-c2ccccc2C(=O)NC(C)C)cn1. The molecule has 0 aliphatic carbocycles. The molecule has 2 aromatic rings. The van der Waals surface area contributed by atoms with Gasteiger partial charge >= 0.3 is 0 Å². The lowest BCUT2D eigenvalue weighted by Crippen LogP contribution is -2.30. The lowest BCUT2D eigenvalue weighted by molar-refractivity contribution is 0.0944. The molecule has 104 valence electrons.